The van der Waals surface area contributed by atoms with Crippen molar-refractivity contribution in [3.05, 3.63) is 17.2 Å². The van der Waals surface area contributed by atoms with Gasteiger partial charge in [0, 0.05) is 12.2 Å². The first-order valence-electron chi connectivity index (χ1n) is 6.37. The van der Waals surface area contributed by atoms with Crippen LogP contribution in [0.4, 0.5) is 0 Å². The Hall–Kier alpha value is -0.790. The van der Waals surface area contributed by atoms with Crippen LogP contribution in [0, 0.1) is 6.92 Å². The topological polar surface area (TPSA) is 17.8 Å². The first-order valence-corrected chi connectivity index (χ1v) is 6.37. The van der Waals surface area contributed by atoms with Gasteiger partial charge in [-0.2, -0.15) is 0 Å². The summed E-state index contributed by atoms with van der Waals surface area (Å²) >= 11 is 0. The Labute approximate surface area is 92.7 Å². The molecule has 0 atom stereocenters. The minimum absolute atomic E-state index is 1.18. The van der Waals surface area contributed by atoms with Crippen molar-refractivity contribution in [2.45, 2.75) is 65.3 Å². The van der Waals surface area contributed by atoms with Gasteiger partial charge in [-0.1, -0.05) is 19.8 Å². The molecule has 1 aliphatic rings. The molecule has 0 N–H and O–H groups in total. The zero-order valence-corrected chi connectivity index (χ0v) is 10.1. The fraction of sp³-hybridized carbons (Fsp3) is 0.769. The fourth-order valence-corrected chi connectivity index (χ4v) is 2.55. The van der Waals surface area contributed by atoms with Crippen LogP contribution in [0.5, 0.6) is 0 Å². The number of hydrogen-bond acceptors (Lipinski definition) is 1. The third-order valence-electron chi connectivity index (χ3n) is 3.41. The number of unbranched alkanes of at least 4 members (excludes halogenated alkanes) is 2. The summed E-state index contributed by atoms with van der Waals surface area (Å²) in [6.45, 7) is 5.60. The summed E-state index contributed by atoms with van der Waals surface area (Å²) in [4.78, 5) is 4.69. The van der Waals surface area contributed by atoms with Crippen LogP contribution in [0.2, 0.25) is 0 Å². The summed E-state index contributed by atoms with van der Waals surface area (Å²) in [5, 5.41) is 0. The van der Waals surface area contributed by atoms with Gasteiger partial charge in [-0.3, -0.25) is 0 Å². The predicted molar refractivity (Wildman–Crippen MR) is 63.1 cm³/mol. The van der Waals surface area contributed by atoms with Gasteiger partial charge in [0.2, 0.25) is 0 Å². The van der Waals surface area contributed by atoms with Crippen LogP contribution in [0.15, 0.2) is 0 Å². The maximum Gasteiger partial charge on any atom is 0.106 e. The van der Waals surface area contributed by atoms with Crippen LogP contribution in [0.25, 0.3) is 0 Å². The number of hydrogen-bond donors (Lipinski definition) is 0. The lowest BCUT2D eigenvalue weighted by atomic mass is 10.0. The second-order valence-electron chi connectivity index (χ2n) is 4.62. The number of fused-ring (bicyclic) bond motifs is 1. The van der Waals surface area contributed by atoms with Crippen LogP contribution in [-0.2, 0) is 19.4 Å². The molecule has 1 heterocycles. The molecule has 0 saturated carbocycles. The SMILES string of the molecule is CCCCCn1c(C)nc2c1CCCC2. The molecule has 1 aromatic heterocycles. The number of aromatic nitrogens is 2. The highest BCUT2D eigenvalue weighted by Crippen LogP contribution is 2.22. The number of nitrogens with zero attached hydrogens (tertiary/aromatic N) is 2. The van der Waals surface area contributed by atoms with E-state index in [9.17, 15) is 0 Å². The third-order valence-corrected chi connectivity index (χ3v) is 3.41. The lowest BCUT2D eigenvalue weighted by Gasteiger charge is -2.14. The van der Waals surface area contributed by atoms with E-state index in [2.05, 4.69) is 18.4 Å². The van der Waals surface area contributed by atoms with E-state index in [1.807, 2.05) is 0 Å². The van der Waals surface area contributed by atoms with Gasteiger partial charge >= 0.3 is 0 Å². The second-order valence-corrected chi connectivity index (χ2v) is 4.62. The van der Waals surface area contributed by atoms with E-state index in [0.29, 0.717) is 0 Å². The summed E-state index contributed by atoms with van der Waals surface area (Å²) in [5.74, 6) is 1.23. The van der Waals surface area contributed by atoms with Crippen molar-refractivity contribution in [3.8, 4) is 0 Å². The highest BCUT2D eigenvalue weighted by molar-refractivity contribution is 5.19. The van der Waals surface area contributed by atoms with Crippen molar-refractivity contribution in [3.63, 3.8) is 0 Å². The fourth-order valence-electron chi connectivity index (χ4n) is 2.55. The Morgan fingerprint density at radius 3 is 2.80 bits per heavy atom. The first kappa shape index (κ1) is 10.7. The summed E-state index contributed by atoms with van der Waals surface area (Å²) in [6, 6.07) is 0. The second kappa shape index (κ2) is 4.82. The molecule has 0 aliphatic heterocycles. The quantitative estimate of drug-likeness (QED) is 0.691. The van der Waals surface area contributed by atoms with Gasteiger partial charge in [-0.15, -0.1) is 0 Å². The maximum atomic E-state index is 4.69. The first-order chi connectivity index (χ1) is 7.33. The minimum atomic E-state index is 1.18. The van der Waals surface area contributed by atoms with Crippen molar-refractivity contribution < 1.29 is 0 Å². The van der Waals surface area contributed by atoms with Gasteiger partial charge in [-0.05, 0) is 39.0 Å². The van der Waals surface area contributed by atoms with Crippen LogP contribution >= 0.6 is 0 Å². The molecular weight excluding hydrogens is 184 g/mol. The molecule has 1 aliphatic carbocycles. The Morgan fingerprint density at radius 2 is 2.00 bits per heavy atom. The third kappa shape index (κ3) is 2.24. The molecule has 15 heavy (non-hydrogen) atoms. The Kier molecular flexibility index (Phi) is 3.45. The van der Waals surface area contributed by atoms with Crippen molar-refractivity contribution >= 4 is 0 Å². The van der Waals surface area contributed by atoms with E-state index in [1.165, 1.54) is 68.7 Å². The number of aryl methyl sites for hydroxylation is 2. The summed E-state index contributed by atoms with van der Waals surface area (Å²) in [5.41, 5.74) is 2.92. The average molecular weight is 206 g/mol. The molecule has 0 unspecified atom stereocenters. The molecule has 2 rings (SSSR count). The number of imidazole rings is 1. The van der Waals surface area contributed by atoms with E-state index in [4.69, 9.17) is 4.98 Å². The highest BCUT2D eigenvalue weighted by Gasteiger charge is 2.17. The standard InChI is InChI=1S/C13H22N2/c1-3-4-7-10-15-11(2)14-12-8-5-6-9-13(12)15/h3-10H2,1-2H3. The largest absolute Gasteiger partial charge is 0.332 e. The smallest absolute Gasteiger partial charge is 0.106 e. The molecule has 0 aromatic carbocycles. The zero-order chi connectivity index (χ0) is 10.7. The van der Waals surface area contributed by atoms with E-state index in [0.717, 1.165) is 0 Å². The zero-order valence-electron chi connectivity index (χ0n) is 10.1. The molecule has 84 valence electrons. The maximum absolute atomic E-state index is 4.69. The number of rotatable bonds is 4. The highest BCUT2D eigenvalue weighted by atomic mass is 15.1. The molecule has 0 fully saturated rings. The van der Waals surface area contributed by atoms with Gasteiger partial charge in [0.25, 0.3) is 0 Å². The van der Waals surface area contributed by atoms with Gasteiger partial charge in [0.1, 0.15) is 5.82 Å². The molecule has 1 aromatic rings. The predicted octanol–water partition coefficient (Wildman–Crippen LogP) is 3.26. The molecule has 0 spiro atoms. The van der Waals surface area contributed by atoms with Gasteiger partial charge in [0.15, 0.2) is 0 Å². The Balaban J connectivity index is 2.11. The molecule has 0 saturated heterocycles. The summed E-state index contributed by atoms with van der Waals surface area (Å²) < 4.78 is 2.46. The van der Waals surface area contributed by atoms with Crippen molar-refractivity contribution in [2.24, 2.45) is 0 Å². The summed E-state index contributed by atoms with van der Waals surface area (Å²) in [6.07, 6.45) is 9.09. The molecule has 2 nitrogen and oxygen atoms in total. The van der Waals surface area contributed by atoms with Crippen LogP contribution in [-0.4, -0.2) is 9.55 Å². The lowest BCUT2D eigenvalue weighted by molar-refractivity contribution is 0.554. The van der Waals surface area contributed by atoms with Crippen molar-refractivity contribution in [1.82, 2.24) is 9.55 Å². The van der Waals surface area contributed by atoms with Crippen LogP contribution < -0.4 is 0 Å². The monoisotopic (exact) mass is 206 g/mol. The lowest BCUT2D eigenvalue weighted by Crippen LogP contribution is -2.09. The van der Waals surface area contributed by atoms with Gasteiger partial charge in [-0.25, -0.2) is 4.98 Å². The van der Waals surface area contributed by atoms with E-state index >= 15 is 0 Å². The van der Waals surface area contributed by atoms with Crippen molar-refractivity contribution in [2.75, 3.05) is 0 Å². The normalized spacial score (nSPS) is 15.3. The Bertz CT molecular complexity index is 326. The summed E-state index contributed by atoms with van der Waals surface area (Å²) in [7, 11) is 0. The van der Waals surface area contributed by atoms with Crippen LogP contribution in [0.3, 0.4) is 0 Å². The Morgan fingerprint density at radius 1 is 1.20 bits per heavy atom. The molecule has 0 amide bonds. The van der Waals surface area contributed by atoms with Gasteiger partial charge in [0.05, 0.1) is 5.69 Å². The van der Waals surface area contributed by atoms with E-state index < -0.39 is 0 Å². The van der Waals surface area contributed by atoms with E-state index in [1.54, 1.807) is 0 Å². The van der Waals surface area contributed by atoms with Crippen LogP contribution in [0.1, 0.15) is 56.2 Å². The van der Waals surface area contributed by atoms with Crippen molar-refractivity contribution in [1.29, 1.82) is 0 Å². The van der Waals surface area contributed by atoms with Gasteiger partial charge < -0.3 is 4.57 Å². The molecular formula is C13H22N2. The molecule has 0 bridgehead atoms. The minimum Gasteiger partial charge on any atom is -0.332 e. The average Bonchev–Trinajstić information content (AvgIpc) is 2.56. The molecule has 0 radical (unpaired) electrons. The molecule has 2 heteroatoms. The van der Waals surface area contributed by atoms with E-state index in [-0.39, 0.29) is 0 Å².